The molecular weight excluding hydrogens is 248 g/mol. The number of hydrogen-bond donors (Lipinski definition) is 2. The van der Waals surface area contributed by atoms with Crippen LogP contribution in [0, 0.1) is 5.92 Å². The maximum Gasteiger partial charge on any atom is 0.335 e. The molecule has 1 fully saturated rings. The molecule has 0 radical (unpaired) electrons. The molecule has 6 heteroatoms. The average molecular weight is 264 g/mol. The van der Waals surface area contributed by atoms with Gasteiger partial charge in [-0.2, -0.15) is 0 Å². The first-order chi connectivity index (χ1) is 9.16. The van der Waals surface area contributed by atoms with Gasteiger partial charge in [0.05, 0.1) is 30.3 Å². The van der Waals surface area contributed by atoms with E-state index in [4.69, 9.17) is 9.84 Å². The Morgan fingerprint density at radius 1 is 1.53 bits per heavy atom. The number of aromatic carboxylic acids is 1. The Balaban J connectivity index is 1.89. The fourth-order valence-corrected chi connectivity index (χ4v) is 1.98. The number of amides is 1. The maximum absolute atomic E-state index is 11.9. The van der Waals surface area contributed by atoms with Crippen molar-refractivity contribution < 1.29 is 19.4 Å². The molecule has 1 atom stereocenters. The molecule has 0 aromatic carbocycles. The van der Waals surface area contributed by atoms with Crippen molar-refractivity contribution in [2.45, 2.75) is 19.4 Å². The lowest BCUT2D eigenvalue weighted by molar-refractivity contribution is -0.129. The van der Waals surface area contributed by atoms with Crippen molar-refractivity contribution in [3.8, 4) is 0 Å². The number of pyridine rings is 1. The van der Waals surface area contributed by atoms with E-state index in [0.717, 1.165) is 12.8 Å². The second-order valence-electron chi connectivity index (χ2n) is 4.47. The van der Waals surface area contributed by atoms with Gasteiger partial charge in [-0.05, 0) is 25.0 Å². The lowest BCUT2D eigenvalue weighted by Crippen LogP contribution is -2.35. The number of carbonyl (C=O) groups excluding carboxylic acids is 1. The molecule has 1 aliphatic heterocycles. The highest BCUT2D eigenvalue weighted by Crippen LogP contribution is 2.13. The third kappa shape index (κ3) is 3.75. The molecule has 0 saturated carbocycles. The molecule has 2 N–H and O–H groups in total. The molecule has 2 rings (SSSR count). The summed E-state index contributed by atoms with van der Waals surface area (Å²) in [5, 5.41) is 11.6. The van der Waals surface area contributed by atoms with E-state index in [1.54, 1.807) is 0 Å². The minimum absolute atomic E-state index is 0.0674. The lowest BCUT2D eigenvalue weighted by atomic mass is 10.0. The van der Waals surface area contributed by atoms with Gasteiger partial charge < -0.3 is 15.2 Å². The van der Waals surface area contributed by atoms with Crippen molar-refractivity contribution in [2.75, 3.05) is 13.2 Å². The Morgan fingerprint density at radius 3 is 3.05 bits per heavy atom. The Labute approximate surface area is 110 Å². The highest BCUT2D eigenvalue weighted by atomic mass is 16.5. The maximum atomic E-state index is 11.9. The highest BCUT2D eigenvalue weighted by molar-refractivity contribution is 5.87. The summed E-state index contributed by atoms with van der Waals surface area (Å²) in [4.78, 5) is 26.7. The average Bonchev–Trinajstić information content (AvgIpc) is 2.46. The zero-order chi connectivity index (χ0) is 13.7. The number of rotatable bonds is 4. The largest absolute Gasteiger partial charge is 0.478 e. The monoisotopic (exact) mass is 264 g/mol. The summed E-state index contributed by atoms with van der Waals surface area (Å²) < 4.78 is 5.25. The van der Waals surface area contributed by atoms with Crippen LogP contribution in [0.4, 0.5) is 0 Å². The number of nitrogens with one attached hydrogen (secondary N) is 1. The van der Waals surface area contributed by atoms with Gasteiger partial charge in [0.2, 0.25) is 5.91 Å². The Bertz CT molecular complexity index is 469. The third-order valence-electron chi connectivity index (χ3n) is 3.04. The van der Waals surface area contributed by atoms with Crippen molar-refractivity contribution in [1.82, 2.24) is 10.3 Å². The van der Waals surface area contributed by atoms with Crippen LogP contribution in [0.1, 0.15) is 28.9 Å². The molecule has 19 heavy (non-hydrogen) atoms. The summed E-state index contributed by atoms with van der Waals surface area (Å²) >= 11 is 0. The second-order valence-corrected chi connectivity index (χ2v) is 4.47. The van der Waals surface area contributed by atoms with Gasteiger partial charge in [0.15, 0.2) is 0 Å². The molecule has 0 aliphatic carbocycles. The normalized spacial score (nSPS) is 18.8. The molecule has 1 aromatic rings. The van der Waals surface area contributed by atoms with E-state index in [0.29, 0.717) is 18.9 Å². The van der Waals surface area contributed by atoms with Gasteiger partial charge in [-0.3, -0.25) is 9.78 Å². The van der Waals surface area contributed by atoms with Gasteiger partial charge in [0.1, 0.15) is 0 Å². The van der Waals surface area contributed by atoms with Crippen LogP contribution in [-0.4, -0.2) is 35.2 Å². The topological polar surface area (TPSA) is 88.5 Å². The number of aromatic nitrogens is 1. The van der Waals surface area contributed by atoms with Crippen LogP contribution in [0.15, 0.2) is 18.3 Å². The Kier molecular flexibility index (Phi) is 4.46. The van der Waals surface area contributed by atoms with Crippen LogP contribution >= 0.6 is 0 Å². The zero-order valence-corrected chi connectivity index (χ0v) is 10.5. The van der Waals surface area contributed by atoms with Crippen LogP contribution in [0.3, 0.4) is 0 Å². The minimum Gasteiger partial charge on any atom is -0.478 e. The van der Waals surface area contributed by atoms with E-state index in [-0.39, 0.29) is 23.9 Å². The number of carboxylic acids is 1. The van der Waals surface area contributed by atoms with Gasteiger partial charge >= 0.3 is 5.97 Å². The van der Waals surface area contributed by atoms with Crippen LogP contribution in [0.25, 0.3) is 0 Å². The van der Waals surface area contributed by atoms with Crippen LogP contribution in [0.5, 0.6) is 0 Å². The van der Waals surface area contributed by atoms with Gasteiger partial charge in [0, 0.05) is 12.8 Å². The fourth-order valence-electron chi connectivity index (χ4n) is 1.98. The standard InChI is InChI=1S/C13H16N2O4/c16-12(10-2-1-5-19-8-10)15-7-11-6-9(13(17)18)3-4-14-11/h3-4,6,10H,1-2,5,7-8H2,(H,15,16)(H,17,18). The predicted molar refractivity (Wildman–Crippen MR) is 66.6 cm³/mol. The number of hydrogen-bond acceptors (Lipinski definition) is 4. The number of carboxylic acid groups (broad SMARTS) is 1. The van der Waals surface area contributed by atoms with Crippen molar-refractivity contribution in [3.63, 3.8) is 0 Å². The van der Waals surface area contributed by atoms with Gasteiger partial charge in [-0.1, -0.05) is 0 Å². The van der Waals surface area contributed by atoms with E-state index in [1.807, 2.05) is 0 Å². The Hall–Kier alpha value is -1.95. The predicted octanol–water partition coefficient (Wildman–Crippen LogP) is 0.823. The number of ether oxygens (including phenoxy) is 1. The third-order valence-corrected chi connectivity index (χ3v) is 3.04. The van der Waals surface area contributed by atoms with E-state index in [2.05, 4.69) is 10.3 Å². The summed E-state index contributed by atoms with van der Waals surface area (Å²) in [7, 11) is 0. The smallest absolute Gasteiger partial charge is 0.335 e. The first-order valence-electron chi connectivity index (χ1n) is 6.20. The molecule has 1 saturated heterocycles. The van der Waals surface area contributed by atoms with Gasteiger partial charge in [-0.25, -0.2) is 4.79 Å². The van der Waals surface area contributed by atoms with E-state index < -0.39 is 5.97 Å². The molecular formula is C13H16N2O4. The molecule has 6 nitrogen and oxygen atoms in total. The summed E-state index contributed by atoms with van der Waals surface area (Å²) in [6, 6.07) is 2.88. The van der Waals surface area contributed by atoms with E-state index in [1.165, 1.54) is 18.3 Å². The summed E-state index contributed by atoms with van der Waals surface area (Å²) in [5.74, 6) is -1.19. The fraction of sp³-hybridized carbons (Fsp3) is 0.462. The highest BCUT2D eigenvalue weighted by Gasteiger charge is 2.21. The first-order valence-corrected chi connectivity index (χ1v) is 6.20. The Morgan fingerprint density at radius 2 is 2.37 bits per heavy atom. The summed E-state index contributed by atoms with van der Waals surface area (Å²) in [5.41, 5.74) is 0.699. The van der Waals surface area contributed by atoms with Gasteiger partial charge in [0.25, 0.3) is 0 Å². The quantitative estimate of drug-likeness (QED) is 0.840. The van der Waals surface area contributed by atoms with Crippen molar-refractivity contribution >= 4 is 11.9 Å². The molecule has 2 heterocycles. The molecule has 1 aromatic heterocycles. The molecule has 1 unspecified atom stereocenters. The van der Waals surface area contributed by atoms with Crippen molar-refractivity contribution in [3.05, 3.63) is 29.6 Å². The van der Waals surface area contributed by atoms with Crippen LogP contribution in [-0.2, 0) is 16.1 Å². The summed E-state index contributed by atoms with van der Waals surface area (Å²) in [6.07, 6.45) is 3.15. The number of carbonyl (C=O) groups is 2. The first kappa shape index (κ1) is 13.5. The zero-order valence-electron chi connectivity index (χ0n) is 10.5. The van der Waals surface area contributed by atoms with Gasteiger partial charge in [-0.15, -0.1) is 0 Å². The van der Waals surface area contributed by atoms with Crippen LogP contribution in [0.2, 0.25) is 0 Å². The lowest BCUT2D eigenvalue weighted by Gasteiger charge is -2.21. The van der Waals surface area contributed by atoms with E-state index in [9.17, 15) is 9.59 Å². The van der Waals surface area contributed by atoms with Crippen LogP contribution < -0.4 is 5.32 Å². The molecule has 1 amide bonds. The van der Waals surface area contributed by atoms with Crippen molar-refractivity contribution in [2.24, 2.45) is 5.92 Å². The second kappa shape index (κ2) is 6.29. The molecule has 1 aliphatic rings. The van der Waals surface area contributed by atoms with E-state index >= 15 is 0 Å². The summed E-state index contributed by atoms with van der Waals surface area (Å²) in [6.45, 7) is 1.40. The number of nitrogens with zero attached hydrogens (tertiary/aromatic N) is 1. The molecule has 0 spiro atoms. The SMILES string of the molecule is O=C(O)c1ccnc(CNC(=O)C2CCCOC2)c1. The molecule has 102 valence electrons. The minimum atomic E-state index is -1.00. The molecule has 0 bridgehead atoms. The van der Waals surface area contributed by atoms with Crippen molar-refractivity contribution in [1.29, 1.82) is 0 Å².